The summed E-state index contributed by atoms with van der Waals surface area (Å²) in [5.74, 6) is 2.81. The molecule has 0 amide bonds. The first-order chi connectivity index (χ1) is 14.3. The number of pyridine rings is 1. The van der Waals surface area contributed by atoms with Crippen molar-refractivity contribution in [3.8, 4) is 45.4 Å². The molecule has 0 aliphatic carbocycles. The molecule has 142 valence electrons. The second-order valence-corrected chi connectivity index (χ2v) is 7.39. The summed E-state index contributed by atoms with van der Waals surface area (Å²) < 4.78 is 11.4. The fourth-order valence-corrected chi connectivity index (χ4v) is 4.11. The van der Waals surface area contributed by atoms with Crippen molar-refractivity contribution in [3.63, 3.8) is 0 Å². The summed E-state index contributed by atoms with van der Waals surface area (Å²) in [7, 11) is 0. The van der Waals surface area contributed by atoms with Crippen LogP contribution >= 0.6 is 0 Å². The summed E-state index contributed by atoms with van der Waals surface area (Å²) in [6.45, 7) is 1.50. The van der Waals surface area contributed by atoms with E-state index in [0.717, 1.165) is 71.5 Å². The Morgan fingerprint density at radius 1 is 0.724 bits per heavy atom. The summed E-state index contributed by atoms with van der Waals surface area (Å²) in [6, 6.07) is 16.7. The molecule has 0 fully saturated rings. The summed E-state index contributed by atoms with van der Waals surface area (Å²) >= 11 is 0. The second-order valence-electron chi connectivity index (χ2n) is 7.39. The smallest absolute Gasteiger partial charge is 0.138 e. The van der Waals surface area contributed by atoms with Crippen molar-refractivity contribution in [2.24, 2.45) is 0 Å². The Kier molecular flexibility index (Phi) is 3.66. The number of aromatic amines is 1. The predicted octanol–water partition coefficient (Wildman–Crippen LogP) is 4.68. The summed E-state index contributed by atoms with van der Waals surface area (Å²) in [6.07, 6.45) is 5.46. The molecule has 2 aliphatic rings. The van der Waals surface area contributed by atoms with Crippen LogP contribution in [0.1, 0.15) is 11.1 Å². The molecule has 0 atom stereocenters. The third kappa shape index (κ3) is 2.78. The third-order valence-corrected chi connectivity index (χ3v) is 5.60. The van der Waals surface area contributed by atoms with Gasteiger partial charge in [-0.25, -0.2) is 4.98 Å². The van der Waals surface area contributed by atoms with Crippen LogP contribution in [-0.4, -0.2) is 28.2 Å². The van der Waals surface area contributed by atoms with Crippen LogP contribution in [0.15, 0.2) is 60.9 Å². The van der Waals surface area contributed by atoms with Crippen molar-refractivity contribution in [1.82, 2.24) is 15.0 Å². The number of nitrogens with one attached hydrogen (secondary N) is 1. The normalized spacial score (nSPS) is 14.2. The zero-order chi connectivity index (χ0) is 19.2. The molecule has 2 aliphatic heterocycles. The average Bonchev–Trinajstić information content (AvgIpc) is 3.52. The van der Waals surface area contributed by atoms with Crippen molar-refractivity contribution < 1.29 is 9.47 Å². The molecule has 6 rings (SSSR count). The molecule has 0 saturated heterocycles. The minimum Gasteiger partial charge on any atom is -0.493 e. The van der Waals surface area contributed by atoms with Crippen LogP contribution in [0.3, 0.4) is 0 Å². The summed E-state index contributed by atoms with van der Waals surface area (Å²) in [4.78, 5) is 12.7. The molecule has 1 N–H and O–H groups in total. The van der Waals surface area contributed by atoms with Crippen LogP contribution in [0.2, 0.25) is 0 Å². The van der Waals surface area contributed by atoms with Gasteiger partial charge in [0, 0.05) is 41.9 Å². The van der Waals surface area contributed by atoms with Crippen LogP contribution in [0.4, 0.5) is 0 Å². The van der Waals surface area contributed by atoms with Crippen molar-refractivity contribution >= 4 is 0 Å². The molecule has 0 radical (unpaired) electrons. The molecule has 0 unspecified atom stereocenters. The molecule has 2 aromatic heterocycles. The van der Waals surface area contributed by atoms with Crippen LogP contribution in [0.25, 0.3) is 33.9 Å². The van der Waals surface area contributed by atoms with Crippen molar-refractivity contribution in [2.45, 2.75) is 12.8 Å². The maximum absolute atomic E-state index is 5.68. The number of imidazole rings is 1. The molecule has 0 spiro atoms. The largest absolute Gasteiger partial charge is 0.493 e. The topological polar surface area (TPSA) is 60.0 Å². The van der Waals surface area contributed by atoms with Gasteiger partial charge in [-0.3, -0.25) is 4.98 Å². The molecule has 2 aromatic carbocycles. The second kappa shape index (κ2) is 6.48. The van der Waals surface area contributed by atoms with Crippen LogP contribution in [0.5, 0.6) is 11.5 Å². The summed E-state index contributed by atoms with van der Waals surface area (Å²) in [5, 5.41) is 0. The Hall–Kier alpha value is -3.60. The van der Waals surface area contributed by atoms with Gasteiger partial charge in [0.05, 0.1) is 24.6 Å². The lowest BCUT2D eigenvalue weighted by Gasteiger charge is -2.07. The number of hydrogen-bond donors (Lipinski definition) is 1. The van der Waals surface area contributed by atoms with Crippen LogP contribution in [0, 0.1) is 0 Å². The Morgan fingerprint density at radius 3 is 2.10 bits per heavy atom. The van der Waals surface area contributed by atoms with E-state index in [-0.39, 0.29) is 0 Å². The van der Waals surface area contributed by atoms with Gasteiger partial charge in [0.2, 0.25) is 0 Å². The zero-order valence-electron chi connectivity index (χ0n) is 15.8. The molecule has 0 saturated carbocycles. The molecular weight excluding hydrogens is 362 g/mol. The number of fused-ring (bicyclic) bond motifs is 2. The van der Waals surface area contributed by atoms with E-state index in [9.17, 15) is 0 Å². The monoisotopic (exact) mass is 381 g/mol. The van der Waals surface area contributed by atoms with E-state index in [1.165, 1.54) is 11.1 Å². The first-order valence-corrected chi connectivity index (χ1v) is 9.88. The summed E-state index contributed by atoms with van der Waals surface area (Å²) in [5.41, 5.74) is 7.68. The van der Waals surface area contributed by atoms with E-state index in [1.54, 1.807) is 12.4 Å². The third-order valence-electron chi connectivity index (χ3n) is 5.60. The number of aromatic nitrogens is 3. The molecule has 5 nitrogen and oxygen atoms in total. The van der Waals surface area contributed by atoms with Gasteiger partial charge in [-0.15, -0.1) is 0 Å². The number of H-pyrrole nitrogens is 1. The number of benzene rings is 2. The van der Waals surface area contributed by atoms with Gasteiger partial charge in [-0.1, -0.05) is 0 Å². The highest BCUT2D eigenvalue weighted by Crippen LogP contribution is 2.38. The van der Waals surface area contributed by atoms with Gasteiger partial charge in [0.1, 0.15) is 17.3 Å². The van der Waals surface area contributed by atoms with E-state index < -0.39 is 0 Å². The van der Waals surface area contributed by atoms with E-state index in [2.05, 4.69) is 46.4 Å². The van der Waals surface area contributed by atoms with Gasteiger partial charge in [0.25, 0.3) is 0 Å². The molecule has 5 heteroatoms. The molecule has 29 heavy (non-hydrogen) atoms. The predicted molar refractivity (Wildman–Crippen MR) is 111 cm³/mol. The highest BCUT2D eigenvalue weighted by atomic mass is 16.5. The molecule has 4 aromatic rings. The highest BCUT2D eigenvalue weighted by molar-refractivity contribution is 5.82. The highest BCUT2D eigenvalue weighted by Gasteiger charge is 2.20. The maximum Gasteiger partial charge on any atom is 0.138 e. The Bertz CT molecular complexity index is 1140. The van der Waals surface area contributed by atoms with Gasteiger partial charge in [-0.05, 0) is 59.7 Å². The van der Waals surface area contributed by atoms with E-state index in [4.69, 9.17) is 14.5 Å². The van der Waals surface area contributed by atoms with E-state index in [0.29, 0.717) is 0 Å². The van der Waals surface area contributed by atoms with Crippen molar-refractivity contribution in [2.75, 3.05) is 13.2 Å². The average molecular weight is 381 g/mol. The van der Waals surface area contributed by atoms with Gasteiger partial charge < -0.3 is 14.5 Å². The Balaban J connectivity index is 1.53. The van der Waals surface area contributed by atoms with Gasteiger partial charge in [0.15, 0.2) is 0 Å². The lowest BCUT2D eigenvalue weighted by molar-refractivity contribution is 0.356. The lowest BCUT2D eigenvalue weighted by Crippen LogP contribution is -1.87. The number of ether oxygens (including phenoxy) is 2. The Morgan fingerprint density at radius 2 is 1.38 bits per heavy atom. The Labute approximate surface area is 168 Å². The molecule has 4 heterocycles. The fourth-order valence-electron chi connectivity index (χ4n) is 4.11. The standard InChI is InChI=1S/C24H19N3O2/c1-3-20-16(7-11-28-20)13-18(1)22-23(19-2-4-21-17(14-19)8-12-29-21)27-24(26-22)15-5-9-25-10-6-15/h1-6,9-10,13-14H,7-8,11-12H2,(H,26,27). The fraction of sp³-hybridized carbons (Fsp3) is 0.167. The quantitative estimate of drug-likeness (QED) is 0.560. The van der Waals surface area contributed by atoms with E-state index in [1.807, 2.05) is 12.1 Å². The van der Waals surface area contributed by atoms with Crippen molar-refractivity contribution in [3.05, 3.63) is 72.1 Å². The number of nitrogens with zero attached hydrogens (tertiary/aromatic N) is 2. The first-order valence-electron chi connectivity index (χ1n) is 9.88. The SMILES string of the molecule is c1cc(-c2nc(-c3ccc4c(c3)CCO4)c(-c3ccc4c(c3)CCO4)[nH]2)ccn1. The number of rotatable bonds is 3. The first kappa shape index (κ1) is 16.4. The molecular formula is C24H19N3O2. The van der Waals surface area contributed by atoms with Crippen LogP contribution in [-0.2, 0) is 12.8 Å². The maximum atomic E-state index is 5.68. The minimum atomic E-state index is 0.749. The molecule has 0 bridgehead atoms. The van der Waals surface area contributed by atoms with Crippen molar-refractivity contribution in [1.29, 1.82) is 0 Å². The lowest BCUT2D eigenvalue weighted by atomic mass is 10.0. The number of hydrogen-bond acceptors (Lipinski definition) is 4. The van der Waals surface area contributed by atoms with E-state index >= 15 is 0 Å². The van der Waals surface area contributed by atoms with Crippen LogP contribution < -0.4 is 9.47 Å². The minimum absolute atomic E-state index is 0.749. The van der Waals surface area contributed by atoms with Gasteiger partial charge >= 0.3 is 0 Å². The van der Waals surface area contributed by atoms with Gasteiger partial charge in [-0.2, -0.15) is 0 Å². The zero-order valence-corrected chi connectivity index (χ0v) is 15.8.